The molecule has 1 aromatic heterocycles. The third-order valence-corrected chi connectivity index (χ3v) is 5.34. The van der Waals surface area contributed by atoms with E-state index in [2.05, 4.69) is 5.10 Å². The fourth-order valence-corrected chi connectivity index (χ4v) is 3.23. The van der Waals surface area contributed by atoms with Crippen LogP contribution in [0.4, 0.5) is 0 Å². The SMILES string of the molecule is C[C@H](C(=O)N1N=C(c2ccc(Cl)cc2)C[C@H]1c1ccco1)N(C)CC(=O)N(C)C. The summed E-state index contributed by atoms with van der Waals surface area (Å²) >= 11 is 5.99. The van der Waals surface area contributed by atoms with E-state index in [0.29, 0.717) is 17.2 Å². The van der Waals surface area contributed by atoms with Crippen LogP contribution in [0.2, 0.25) is 5.02 Å². The first kappa shape index (κ1) is 21.1. The van der Waals surface area contributed by atoms with Crippen LogP contribution in [0.5, 0.6) is 0 Å². The summed E-state index contributed by atoms with van der Waals surface area (Å²) in [5.74, 6) is 0.413. The van der Waals surface area contributed by atoms with Crippen LogP contribution in [0.1, 0.15) is 30.7 Å². The number of hydrogen-bond donors (Lipinski definition) is 0. The van der Waals surface area contributed by atoms with Crippen LogP contribution in [0.3, 0.4) is 0 Å². The molecule has 0 N–H and O–H groups in total. The minimum absolute atomic E-state index is 0.0680. The fourth-order valence-electron chi connectivity index (χ4n) is 3.10. The van der Waals surface area contributed by atoms with E-state index in [4.69, 9.17) is 16.0 Å². The number of carbonyl (C=O) groups is 2. The second-order valence-electron chi connectivity index (χ2n) is 7.35. The molecule has 1 aromatic carbocycles. The summed E-state index contributed by atoms with van der Waals surface area (Å²) in [7, 11) is 5.14. The highest BCUT2D eigenvalue weighted by Crippen LogP contribution is 2.34. The Morgan fingerprint density at radius 3 is 2.52 bits per heavy atom. The lowest BCUT2D eigenvalue weighted by atomic mass is 10.0. The molecule has 1 aliphatic rings. The van der Waals surface area contributed by atoms with Crippen LogP contribution in [-0.2, 0) is 9.59 Å². The molecular weight excluding hydrogens is 392 g/mol. The third-order valence-electron chi connectivity index (χ3n) is 5.09. The zero-order valence-electron chi connectivity index (χ0n) is 17.0. The maximum Gasteiger partial charge on any atom is 0.260 e. The smallest absolute Gasteiger partial charge is 0.260 e. The van der Waals surface area contributed by atoms with E-state index < -0.39 is 6.04 Å². The summed E-state index contributed by atoms with van der Waals surface area (Å²) < 4.78 is 5.57. The zero-order chi connectivity index (χ0) is 21.1. The summed E-state index contributed by atoms with van der Waals surface area (Å²) in [6, 6.07) is 10.2. The quantitative estimate of drug-likeness (QED) is 0.725. The topological polar surface area (TPSA) is 69.4 Å². The molecule has 0 bridgehead atoms. The van der Waals surface area contributed by atoms with Crippen molar-refractivity contribution in [3.63, 3.8) is 0 Å². The Morgan fingerprint density at radius 1 is 1.24 bits per heavy atom. The normalized spacial score (nSPS) is 17.4. The summed E-state index contributed by atoms with van der Waals surface area (Å²) in [6.45, 7) is 1.92. The predicted molar refractivity (Wildman–Crippen MR) is 112 cm³/mol. The molecule has 0 aliphatic carbocycles. The van der Waals surface area contributed by atoms with Crippen LogP contribution < -0.4 is 0 Å². The van der Waals surface area contributed by atoms with E-state index in [1.165, 1.54) is 9.91 Å². The van der Waals surface area contributed by atoms with Gasteiger partial charge in [0.25, 0.3) is 5.91 Å². The zero-order valence-corrected chi connectivity index (χ0v) is 17.8. The van der Waals surface area contributed by atoms with Crippen molar-refractivity contribution in [1.82, 2.24) is 14.8 Å². The van der Waals surface area contributed by atoms with Gasteiger partial charge < -0.3 is 9.32 Å². The molecule has 2 atom stereocenters. The van der Waals surface area contributed by atoms with Gasteiger partial charge in [-0.15, -0.1) is 0 Å². The Balaban J connectivity index is 1.84. The molecule has 1 aliphatic heterocycles. The van der Waals surface area contributed by atoms with Gasteiger partial charge in [-0.2, -0.15) is 5.10 Å². The molecule has 0 radical (unpaired) electrons. The third kappa shape index (κ3) is 4.68. The van der Waals surface area contributed by atoms with Gasteiger partial charge >= 0.3 is 0 Å². The van der Waals surface area contributed by atoms with Crippen LogP contribution >= 0.6 is 11.6 Å². The van der Waals surface area contributed by atoms with Gasteiger partial charge in [-0.25, -0.2) is 5.01 Å². The number of amides is 2. The summed E-state index contributed by atoms with van der Waals surface area (Å²) in [5, 5.41) is 6.74. The molecule has 0 unspecified atom stereocenters. The average molecular weight is 417 g/mol. The van der Waals surface area contributed by atoms with Crippen LogP contribution in [0.15, 0.2) is 52.2 Å². The van der Waals surface area contributed by atoms with Gasteiger partial charge in [0, 0.05) is 25.5 Å². The van der Waals surface area contributed by atoms with Gasteiger partial charge in [0.05, 0.1) is 24.6 Å². The number of hydrazone groups is 1. The molecule has 154 valence electrons. The monoisotopic (exact) mass is 416 g/mol. The van der Waals surface area contributed by atoms with Gasteiger partial charge in [-0.05, 0) is 43.8 Å². The van der Waals surface area contributed by atoms with E-state index in [9.17, 15) is 9.59 Å². The summed E-state index contributed by atoms with van der Waals surface area (Å²) in [4.78, 5) is 28.5. The average Bonchev–Trinajstić information content (AvgIpc) is 3.36. The Hall–Kier alpha value is -2.64. The Morgan fingerprint density at radius 2 is 1.93 bits per heavy atom. The van der Waals surface area contributed by atoms with Gasteiger partial charge in [-0.1, -0.05) is 23.7 Å². The second kappa shape index (κ2) is 8.80. The highest BCUT2D eigenvalue weighted by atomic mass is 35.5. The lowest BCUT2D eigenvalue weighted by molar-refractivity contribution is -0.139. The standard InChI is InChI=1S/C21H25ClN4O3/c1-14(25(4)13-20(27)24(2)3)21(28)26-18(19-6-5-11-29-19)12-17(23-26)15-7-9-16(22)10-8-15/h5-11,14,18H,12-13H2,1-4H3/t14-,18+/m1/s1. The maximum atomic E-state index is 13.3. The molecule has 8 heteroatoms. The highest BCUT2D eigenvalue weighted by Gasteiger charge is 2.37. The van der Waals surface area contributed by atoms with Gasteiger partial charge in [0.15, 0.2) is 0 Å². The fraction of sp³-hybridized carbons (Fsp3) is 0.381. The molecular formula is C21H25ClN4O3. The molecule has 0 fully saturated rings. The van der Waals surface area contributed by atoms with Crippen molar-refractivity contribution in [2.75, 3.05) is 27.7 Å². The molecule has 2 amide bonds. The number of furan rings is 1. The molecule has 3 rings (SSSR count). The first-order chi connectivity index (χ1) is 13.8. The second-order valence-corrected chi connectivity index (χ2v) is 7.79. The van der Waals surface area contributed by atoms with Crippen molar-refractivity contribution in [2.24, 2.45) is 5.10 Å². The maximum absolute atomic E-state index is 13.3. The predicted octanol–water partition coefficient (Wildman–Crippen LogP) is 3.02. The number of nitrogens with zero attached hydrogens (tertiary/aromatic N) is 4. The minimum atomic E-state index is -0.523. The Bertz CT molecular complexity index is 893. The van der Waals surface area contributed by atoms with Gasteiger partial charge in [-0.3, -0.25) is 14.5 Å². The largest absolute Gasteiger partial charge is 0.467 e. The molecule has 0 saturated heterocycles. The summed E-state index contributed by atoms with van der Waals surface area (Å²) in [6.07, 6.45) is 2.12. The number of carbonyl (C=O) groups excluding carboxylic acids is 2. The van der Waals surface area contributed by atoms with Crippen molar-refractivity contribution < 1.29 is 14.0 Å². The van der Waals surface area contributed by atoms with E-state index in [1.807, 2.05) is 18.2 Å². The first-order valence-corrected chi connectivity index (χ1v) is 9.76. The number of halogens is 1. The Labute approximate surface area is 175 Å². The molecule has 0 spiro atoms. The van der Waals surface area contributed by atoms with E-state index in [-0.39, 0.29) is 24.4 Å². The van der Waals surface area contributed by atoms with Crippen molar-refractivity contribution in [2.45, 2.75) is 25.4 Å². The minimum Gasteiger partial charge on any atom is -0.467 e. The van der Waals surface area contributed by atoms with E-state index in [1.54, 1.807) is 57.4 Å². The molecule has 2 aromatic rings. The highest BCUT2D eigenvalue weighted by molar-refractivity contribution is 6.30. The number of likely N-dealkylation sites (N-methyl/N-ethyl adjacent to an activating group) is 2. The van der Waals surface area contributed by atoms with E-state index >= 15 is 0 Å². The van der Waals surface area contributed by atoms with Crippen molar-refractivity contribution >= 4 is 29.1 Å². The first-order valence-electron chi connectivity index (χ1n) is 9.38. The molecule has 0 saturated carbocycles. The van der Waals surface area contributed by atoms with Crippen LogP contribution in [-0.4, -0.2) is 66.1 Å². The van der Waals surface area contributed by atoms with Crippen molar-refractivity contribution in [3.8, 4) is 0 Å². The lowest BCUT2D eigenvalue weighted by Gasteiger charge is -2.29. The number of hydrogen-bond acceptors (Lipinski definition) is 5. The van der Waals surface area contributed by atoms with Gasteiger partial charge in [0.2, 0.25) is 5.91 Å². The van der Waals surface area contributed by atoms with Crippen LogP contribution in [0.25, 0.3) is 0 Å². The molecule has 2 heterocycles. The Kier molecular flexibility index (Phi) is 6.39. The van der Waals surface area contributed by atoms with Gasteiger partial charge in [0.1, 0.15) is 11.8 Å². The number of benzene rings is 1. The van der Waals surface area contributed by atoms with E-state index in [0.717, 1.165) is 11.3 Å². The number of rotatable bonds is 6. The summed E-state index contributed by atoms with van der Waals surface area (Å²) in [5.41, 5.74) is 1.70. The van der Waals surface area contributed by atoms with Crippen molar-refractivity contribution in [3.05, 3.63) is 59.0 Å². The molecule has 7 nitrogen and oxygen atoms in total. The molecule has 29 heavy (non-hydrogen) atoms. The lowest BCUT2D eigenvalue weighted by Crippen LogP contribution is -2.47. The van der Waals surface area contributed by atoms with Crippen molar-refractivity contribution in [1.29, 1.82) is 0 Å². The van der Waals surface area contributed by atoms with Crippen LogP contribution in [0, 0.1) is 0 Å².